The average Bonchev–Trinajstić information content (AvgIpc) is 2.68. The van der Waals surface area contributed by atoms with E-state index in [4.69, 9.17) is 1.37 Å². The van der Waals surface area contributed by atoms with Crippen LogP contribution in [0.2, 0.25) is 19.6 Å². The molecular formula is C22H29NO3SSi. The van der Waals surface area contributed by atoms with Gasteiger partial charge in [0.1, 0.15) is 5.60 Å². The predicted octanol–water partition coefficient (Wildman–Crippen LogP) is 4.08. The second-order valence-corrected chi connectivity index (χ2v) is 15.2. The van der Waals surface area contributed by atoms with E-state index in [1.165, 1.54) is 4.31 Å². The number of benzene rings is 2. The molecule has 0 saturated carbocycles. The van der Waals surface area contributed by atoms with E-state index in [9.17, 15) is 13.5 Å². The summed E-state index contributed by atoms with van der Waals surface area (Å²) in [6, 6.07) is 16.1. The maximum absolute atomic E-state index is 13.2. The first kappa shape index (κ1) is 19.6. The van der Waals surface area contributed by atoms with Gasteiger partial charge in [-0.05, 0) is 36.6 Å². The fourth-order valence-corrected chi connectivity index (χ4v) is 6.12. The SMILES string of the molecule is [2H]/C(=C1/CN(S(=O)(=O)c2ccc(C)cc2)CCC1(O)c1ccccc1)[Si](C)(C)C. The Morgan fingerprint density at radius 1 is 1.11 bits per heavy atom. The lowest BCUT2D eigenvalue weighted by Crippen LogP contribution is -2.47. The summed E-state index contributed by atoms with van der Waals surface area (Å²) in [5.74, 6) is 0. The molecule has 0 aromatic heterocycles. The zero-order valence-corrected chi connectivity index (χ0v) is 18.8. The second kappa shape index (κ2) is 7.59. The molecular weight excluding hydrogens is 386 g/mol. The van der Waals surface area contributed by atoms with Crippen molar-refractivity contribution in [3.8, 4) is 0 Å². The van der Waals surface area contributed by atoms with Crippen molar-refractivity contribution in [3.63, 3.8) is 0 Å². The molecule has 150 valence electrons. The van der Waals surface area contributed by atoms with Gasteiger partial charge in [-0.2, -0.15) is 4.31 Å². The molecule has 1 N–H and O–H groups in total. The molecule has 2 aromatic carbocycles. The number of piperidine rings is 1. The first-order valence-electron chi connectivity index (χ1n) is 10.0. The van der Waals surface area contributed by atoms with E-state index in [-0.39, 0.29) is 24.4 Å². The monoisotopic (exact) mass is 416 g/mol. The molecule has 1 saturated heterocycles. The summed E-state index contributed by atoms with van der Waals surface area (Å²) in [6.07, 6.45) is 0.226. The molecule has 1 unspecified atom stereocenters. The summed E-state index contributed by atoms with van der Waals surface area (Å²) in [5, 5.41) is 11.6. The maximum Gasteiger partial charge on any atom is 0.243 e. The second-order valence-electron chi connectivity index (χ2n) is 8.48. The Labute approximate surface area is 171 Å². The highest BCUT2D eigenvalue weighted by Gasteiger charge is 2.42. The Morgan fingerprint density at radius 2 is 1.71 bits per heavy atom. The van der Waals surface area contributed by atoms with Crippen LogP contribution in [0.5, 0.6) is 0 Å². The molecule has 1 aliphatic heterocycles. The molecule has 0 aliphatic carbocycles. The van der Waals surface area contributed by atoms with Gasteiger partial charge in [0.25, 0.3) is 0 Å². The number of rotatable bonds is 4. The standard InChI is InChI=1S/C22H29NO3SSi/c1-18-10-12-21(13-11-18)27(25,26)23-15-14-22(24,19-8-6-5-7-9-19)20(16-23)17-28(2,3)4/h5-13,17,24H,14-16H2,1-4H3/b20-17+/i17D. The summed E-state index contributed by atoms with van der Waals surface area (Å²) < 4.78 is 36.7. The summed E-state index contributed by atoms with van der Waals surface area (Å²) in [7, 11) is -5.78. The first-order valence-corrected chi connectivity index (χ1v) is 14.5. The summed E-state index contributed by atoms with van der Waals surface area (Å²) >= 11 is 0. The zero-order chi connectivity index (χ0) is 21.4. The van der Waals surface area contributed by atoms with Gasteiger partial charge < -0.3 is 5.11 Å². The van der Waals surface area contributed by atoms with E-state index >= 15 is 0 Å². The Kier molecular flexibility index (Phi) is 5.31. The zero-order valence-electron chi connectivity index (χ0n) is 17.9. The van der Waals surface area contributed by atoms with Gasteiger partial charge in [0.15, 0.2) is 0 Å². The Hall–Kier alpha value is -1.73. The van der Waals surface area contributed by atoms with Crippen molar-refractivity contribution in [2.24, 2.45) is 0 Å². The van der Waals surface area contributed by atoms with Gasteiger partial charge in [0.2, 0.25) is 10.0 Å². The predicted molar refractivity (Wildman–Crippen MR) is 116 cm³/mol. The van der Waals surface area contributed by atoms with Crippen LogP contribution >= 0.6 is 0 Å². The Bertz CT molecular complexity index is 1010. The molecule has 1 fully saturated rings. The van der Waals surface area contributed by atoms with E-state index in [2.05, 4.69) is 0 Å². The van der Waals surface area contributed by atoms with Crippen molar-refractivity contribution in [2.45, 2.75) is 43.5 Å². The van der Waals surface area contributed by atoms with Crippen LogP contribution in [0.25, 0.3) is 0 Å². The van der Waals surface area contributed by atoms with Gasteiger partial charge in [-0.25, -0.2) is 8.42 Å². The fraction of sp³-hybridized carbons (Fsp3) is 0.364. The van der Waals surface area contributed by atoms with Gasteiger partial charge in [-0.1, -0.05) is 73.3 Å². The molecule has 1 aliphatic rings. The molecule has 3 rings (SSSR count). The molecule has 6 heteroatoms. The van der Waals surface area contributed by atoms with Gasteiger partial charge in [0.05, 0.1) is 14.3 Å². The topological polar surface area (TPSA) is 57.6 Å². The van der Waals surface area contributed by atoms with E-state index in [0.717, 1.165) is 5.56 Å². The lowest BCUT2D eigenvalue weighted by atomic mass is 9.82. The van der Waals surface area contributed by atoms with Crippen LogP contribution in [0, 0.1) is 6.92 Å². The molecule has 4 nitrogen and oxygen atoms in total. The fourth-order valence-electron chi connectivity index (χ4n) is 3.52. The third-order valence-electron chi connectivity index (χ3n) is 4.99. The summed E-state index contributed by atoms with van der Waals surface area (Å²) in [6.45, 7) is 8.27. The van der Waals surface area contributed by atoms with Crippen LogP contribution in [0.4, 0.5) is 0 Å². The minimum absolute atomic E-state index is 0.0324. The normalized spacial score (nSPS) is 24.0. The van der Waals surface area contributed by atoms with Crippen molar-refractivity contribution in [1.82, 2.24) is 4.31 Å². The number of aryl methyl sites for hydroxylation is 1. The molecule has 0 radical (unpaired) electrons. The van der Waals surface area contributed by atoms with E-state index in [1.807, 2.05) is 56.9 Å². The smallest absolute Gasteiger partial charge is 0.243 e. The van der Waals surface area contributed by atoms with Crippen LogP contribution in [-0.4, -0.2) is 39.0 Å². The molecule has 1 heterocycles. The molecule has 28 heavy (non-hydrogen) atoms. The quantitative estimate of drug-likeness (QED) is 0.764. The minimum Gasteiger partial charge on any atom is -0.381 e. The van der Waals surface area contributed by atoms with E-state index in [0.29, 0.717) is 16.8 Å². The Balaban J connectivity index is 2.07. The van der Waals surface area contributed by atoms with Crippen molar-refractivity contribution < 1.29 is 14.9 Å². The van der Waals surface area contributed by atoms with Crippen molar-refractivity contribution >= 4 is 18.1 Å². The molecule has 0 spiro atoms. The highest BCUT2D eigenvalue weighted by molar-refractivity contribution is 7.89. The van der Waals surface area contributed by atoms with Crippen LogP contribution < -0.4 is 0 Å². The van der Waals surface area contributed by atoms with Crippen molar-refractivity contribution in [1.29, 1.82) is 0 Å². The van der Waals surface area contributed by atoms with E-state index in [1.54, 1.807) is 24.3 Å². The summed E-state index contributed by atoms with van der Waals surface area (Å²) in [4.78, 5) is 0.243. The molecule has 0 bridgehead atoms. The van der Waals surface area contributed by atoms with Crippen LogP contribution in [0.3, 0.4) is 0 Å². The molecule has 2 aromatic rings. The molecule has 0 amide bonds. The number of hydrogen-bond acceptors (Lipinski definition) is 3. The highest BCUT2D eigenvalue weighted by Crippen LogP contribution is 2.39. The van der Waals surface area contributed by atoms with Gasteiger partial charge in [0, 0.05) is 13.1 Å². The third kappa shape index (κ3) is 4.30. The van der Waals surface area contributed by atoms with Crippen molar-refractivity contribution in [3.05, 3.63) is 77.0 Å². The number of aliphatic hydroxyl groups is 1. The van der Waals surface area contributed by atoms with Gasteiger partial charge in [-0.15, -0.1) is 0 Å². The number of nitrogens with zero attached hydrogens (tertiary/aromatic N) is 1. The summed E-state index contributed by atoms with van der Waals surface area (Å²) in [5.41, 5.74) is 1.30. The average molecular weight is 417 g/mol. The van der Waals surface area contributed by atoms with Crippen LogP contribution in [0.1, 0.15) is 18.9 Å². The van der Waals surface area contributed by atoms with Crippen LogP contribution in [0.15, 0.2) is 70.7 Å². The molecule has 1 atom stereocenters. The van der Waals surface area contributed by atoms with Crippen molar-refractivity contribution in [2.75, 3.05) is 13.1 Å². The lowest BCUT2D eigenvalue weighted by Gasteiger charge is -2.41. The third-order valence-corrected chi connectivity index (χ3v) is 7.90. The first-order chi connectivity index (χ1) is 13.5. The van der Waals surface area contributed by atoms with Gasteiger partial charge in [-0.3, -0.25) is 0 Å². The highest BCUT2D eigenvalue weighted by atomic mass is 32.2. The lowest BCUT2D eigenvalue weighted by molar-refractivity contribution is 0.0403. The Morgan fingerprint density at radius 3 is 2.29 bits per heavy atom. The largest absolute Gasteiger partial charge is 0.381 e. The van der Waals surface area contributed by atoms with E-state index < -0.39 is 23.7 Å². The van der Waals surface area contributed by atoms with Crippen LogP contribution in [-0.2, 0) is 15.6 Å². The number of sulfonamides is 1. The van der Waals surface area contributed by atoms with Gasteiger partial charge >= 0.3 is 0 Å². The number of hydrogen-bond donors (Lipinski definition) is 1. The minimum atomic E-state index is -3.70. The maximum atomic E-state index is 13.2.